The van der Waals surface area contributed by atoms with Crippen LogP contribution in [-0.4, -0.2) is 23.2 Å². The minimum absolute atomic E-state index is 0.373. The van der Waals surface area contributed by atoms with Crippen molar-refractivity contribution in [2.75, 3.05) is 6.54 Å². The Hall–Kier alpha value is -1.79. The number of carboxylic acids is 1. The molecule has 0 spiro atoms. The Balaban J connectivity index is 2.55. The lowest BCUT2D eigenvalue weighted by Crippen LogP contribution is -2.49. The molecule has 1 aromatic rings. The van der Waals surface area contributed by atoms with Gasteiger partial charge in [0, 0.05) is 5.56 Å². The van der Waals surface area contributed by atoms with Gasteiger partial charge in [-0.25, -0.2) is 0 Å². The molecule has 1 aromatic carbocycles. The van der Waals surface area contributed by atoms with Gasteiger partial charge < -0.3 is 5.11 Å². The minimum Gasteiger partial charge on any atom is -0.480 e. The van der Waals surface area contributed by atoms with Gasteiger partial charge in [-0.1, -0.05) is 43.4 Å². The molecule has 0 amide bonds. The van der Waals surface area contributed by atoms with Crippen LogP contribution in [0.2, 0.25) is 0 Å². The summed E-state index contributed by atoms with van der Waals surface area (Å²) in [5.41, 5.74) is 0.0481. The number of hydrogen-bond donors (Lipinski definition) is 2. The molecule has 0 heterocycles. The Morgan fingerprint density at radius 1 is 1.39 bits per heavy atom. The summed E-state index contributed by atoms with van der Waals surface area (Å²) < 4.78 is 0. The fraction of sp³-hybridized carbons (Fsp3) is 0.400. The highest BCUT2D eigenvalue weighted by molar-refractivity contribution is 5.78. The van der Waals surface area contributed by atoms with E-state index in [1.807, 2.05) is 37.3 Å². The normalized spacial score (nSPS) is 13.2. The highest BCUT2D eigenvalue weighted by Crippen LogP contribution is 2.11. The number of benzene rings is 1. The summed E-state index contributed by atoms with van der Waals surface area (Å²) in [5.74, 6) is 5.11. The van der Waals surface area contributed by atoms with E-state index >= 15 is 0 Å². The number of hydrogen-bond acceptors (Lipinski definition) is 2. The van der Waals surface area contributed by atoms with Crippen molar-refractivity contribution in [1.29, 1.82) is 0 Å². The van der Waals surface area contributed by atoms with E-state index in [0.29, 0.717) is 13.0 Å². The van der Waals surface area contributed by atoms with Crippen molar-refractivity contribution in [3.8, 4) is 11.8 Å². The van der Waals surface area contributed by atoms with Crippen LogP contribution in [0.4, 0.5) is 0 Å². The fourth-order valence-corrected chi connectivity index (χ4v) is 1.68. The topological polar surface area (TPSA) is 49.3 Å². The molecule has 0 aromatic heterocycles. The molecular weight excluding hydrogens is 226 g/mol. The van der Waals surface area contributed by atoms with Crippen molar-refractivity contribution < 1.29 is 9.90 Å². The maximum absolute atomic E-state index is 11.2. The zero-order valence-electron chi connectivity index (χ0n) is 10.9. The van der Waals surface area contributed by atoms with Gasteiger partial charge in [0.2, 0.25) is 0 Å². The molecule has 96 valence electrons. The highest BCUT2D eigenvalue weighted by atomic mass is 16.4. The van der Waals surface area contributed by atoms with Crippen LogP contribution in [0.15, 0.2) is 30.3 Å². The van der Waals surface area contributed by atoms with E-state index in [4.69, 9.17) is 5.11 Å². The first kappa shape index (κ1) is 14.3. The summed E-state index contributed by atoms with van der Waals surface area (Å²) in [6.07, 6.45) is 1.41. The molecule has 0 aliphatic heterocycles. The molecule has 3 nitrogen and oxygen atoms in total. The predicted molar refractivity (Wildman–Crippen MR) is 72.3 cm³/mol. The number of carboxylic acid groups (broad SMARTS) is 1. The molecule has 0 fully saturated rings. The van der Waals surface area contributed by atoms with Gasteiger partial charge in [0.05, 0.1) is 6.54 Å². The van der Waals surface area contributed by atoms with Gasteiger partial charge in [-0.3, -0.25) is 10.1 Å². The van der Waals surface area contributed by atoms with Crippen LogP contribution >= 0.6 is 0 Å². The van der Waals surface area contributed by atoms with Crippen molar-refractivity contribution in [1.82, 2.24) is 5.32 Å². The molecule has 0 bridgehead atoms. The van der Waals surface area contributed by atoms with Gasteiger partial charge in [0.1, 0.15) is 5.54 Å². The molecule has 0 saturated carbocycles. The average molecular weight is 245 g/mol. The Kier molecular flexibility index (Phi) is 5.41. The maximum Gasteiger partial charge on any atom is 0.323 e. The molecule has 18 heavy (non-hydrogen) atoms. The molecule has 1 atom stereocenters. The minimum atomic E-state index is -0.889. The summed E-state index contributed by atoms with van der Waals surface area (Å²) in [7, 11) is 0. The van der Waals surface area contributed by atoms with Gasteiger partial charge in [0.15, 0.2) is 0 Å². The largest absolute Gasteiger partial charge is 0.480 e. The lowest BCUT2D eigenvalue weighted by Gasteiger charge is -2.24. The molecule has 1 unspecified atom stereocenters. The van der Waals surface area contributed by atoms with Crippen LogP contribution in [0.3, 0.4) is 0 Å². The first-order valence-corrected chi connectivity index (χ1v) is 6.11. The molecule has 0 aliphatic rings. The van der Waals surface area contributed by atoms with E-state index in [1.54, 1.807) is 6.92 Å². The van der Waals surface area contributed by atoms with E-state index in [0.717, 1.165) is 12.0 Å². The standard InChI is InChI=1S/C15H19NO2/c1-3-11-15(2,14(17)18)16-12-7-10-13-8-5-4-6-9-13/h4-6,8-9,16H,3,11-12H2,1-2H3,(H,17,18). The number of nitrogens with one attached hydrogen (secondary N) is 1. The van der Waals surface area contributed by atoms with Crippen LogP contribution in [-0.2, 0) is 4.79 Å². The van der Waals surface area contributed by atoms with Crippen molar-refractivity contribution in [2.24, 2.45) is 0 Å². The van der Waals surface area contributed by atoms with E-state index in [2.05, 4.69) is 17.2 Å². The smallest absolute Gasteiger partial charge is 0.323 e. The van der Waals surface area contributed by atoms with E-state index < -0.39 is 11.5 Å². The third kappa shape index (κ3) is 4.23. The molecular formula is C15H19NO2. The lowest BCUT2D eigenvalue weighted by atomic mass is 9.96. The second kappa shape index (κ2) is 6.83. The predicted octanol–water partition coefficient (Wildman–Crippen LogP) is 2.27. The molecule has 0 radical (unpaired) electrons. The van der Waals surface area contributed by atoms with Crippen LogP contribution < -0.4 is 5.32 Å². The summed E-state index contributed by atoms with van der Waals surface area (Å²) in [6, 6.07) is 9.64. The van der Waals surface area contributed by atoms with Crippen molar-refractivity contribution >= 4 is 5.97 Å². The molecule has 3 heteroatoms. The summed E-state index contributed by atoms with van der Waals surface area (Å²) in [4.78, 5) is 11.2. The maximum atomic E-state index is 11.2. The van der Waals surface area contributed by atoms with Gasteiger partial charge in [-0.15, -0.1) is 0 Å². The van der Waals surface area contributed by atoms with Crippen LogP contribution in [0.1, 0.15) is 32.3 Å². The Bertz CT molecular complexity index is 445. The third-order valence-electron chi connectivity index (χ3n) is 2.80. The summed E-state index contributed by atoms with van der Waals surface area (Å²) in [6.45, 7) is 4.04. The number of aliphatic carboxylic acids is 1. The zero-order chi connectivity index (χ0) is 13.4. The average Bonchev–Trinajstić information content (AvgIpc) is 2.36. The van der Waals surface area contributed by atoms with Crippen molar-refractivity contribution in [3.63, 3.8) is 0 Å². The van der Waals surface area contributed by atoms with Crippen LogP contribution in [0.25, 0.3) is 0 Å². The fourth-order valence-electron chi connectivity index (χ4n) is 1.68. The highest BCUT2D eigenvalue weighted by Gasteiger charge is 2.30. The zero-order valence-corrected chi connectivity index (χ0v) is 10.9. The third-order valence-corrected chi connectivity index (χ3v) is 2.80. The Morgan fingerprint density at radius 3 is 2.61 bits per heavy atom. The second-order valence-corrected chi connectivity index (χ2v) is 4.41. The van der Waals surface area contributed by atoms with Crippen LogP contribution in [0, 0.1) is 11.8 Å². The molecule has 1 rings (SSSR count). The lowest BCUT2D eigenvalue weighted by molar-refractivity contribution is -0.144. The Labute approximate surface area is 108 Å². The number of carbonyl (C=O) groups is 1. The van der Waals surface area contributed by atoms with Gasteiger partial charge >= 0.3 is 5.97 Å². The monoisotopic (exact) mass is 245 g/mol. The van der Waals surface area contributed by atoms with E-state index in [9.17, 15) is 4.79 Å². The first-order valence-electron chi connectivity index (χ1n) is 6.11. The molecule has 2 N–H and O–H groups in total. The van der Waals surface area contributed by atoms with Crippen molar-refractivity contribution in [3.05, 3.63) is 35.9 Å². The first-order chi connectivity index (χ1) is 8.58. The van der Waals surface area contributed by atoms with E-state index in [1.165, 1.54) is 0 Å². The summed E-state index contributed by atoms with van der Waals surface area (Å²) in [5, 5.41) is 12.2. The quantitative estimate of drug-likeness (QED) is 0.782. The van der Waals surface area contributed by atoms with Crippen molar-refractivity contribution in [2.45, 2.75) is 32.2 Å². The second-order valence-electron chi connectivity index (χ2n) is 4.41. The SMILES string of the molecule is CCCC(C)(NCC#Cc1ccccc1)C(=O)O. The summed E-state index contributed by atoms with van der Waals surface area (Å²) >= 11 is 0. The Morgan fingerprint density at radius 2 is 2.06 bits per heavy atom. The van der Waals surface area contributed by atoms with E-state index in [-0.39, 0.29) is 0 Å². The van der Waals surface area contributed by atoms with Gasteiger partial charge in [-0.05, 0) is 25.5 Å². The van der Waals surface area contributed by atoms with Gasteiger partial charge in [0.25, 0.3) is 0 Å². The number of rotatable bonds is 5. The molecule has 0 saturated heterocycles. The molecule has 0 aliphatic carbocycles. The van der Waals surface area contributed by atoms with Gasteiger partial charge in [-0.2, -0.15) is 0 Å². The van der Waals surface area contributed by atoms with Crippen LogP contribution in [0.5, 0.6) is 0 Å².